The molecule has 1 atom stereocenters. The maximum atomic E-state index is 12.1. The molecule has 1 saturated heterocycles. The Morgan fingerprint density at radius 3 is 2.85 bits per heavy atom. The molecular formula is C12H19F3N4S. The zero-order chi connectivity index (χ0) is 14.6. The van der Waals surface area contributed by atoms with Crippen molar-refractivity contribution in [3.8, 4) is 0 Å². The first-order chi connectivity index (χ1) is 9.47. The third kappa shape index (κ3) is 4.37. The van der Waals surface area contributed by atoms with Gasteiger partial charge in [-0.25, -0.2) is 0 Å². The molecule has 0 aliphatic carbocycles. The first-order valence-electron chi connectivity index (χ1n) is 6.77. The number of piperidine rings is 1. The number of hydrogen-bond donors (Lipinski definition) is 1. The van der Waals surface area contributed by atoms with Gasteiger partial charge >= 0.3 is 6.18 Å². The van der Waals surface area contributed by atoms with E-state index in [-0.39, 0.29) is 6.42 Å². The van der Waals surface area contributed by atoms with E-state index in [0.717, 1.165) is 31.8 Å². The molecule has 0 aromatic carbocycles. The minimum atomic E-state index is -4.07. The summed E-state index contributed by atoms with van der Waals surface area (Å²) in [6.45, 7) is 1.93. The number of nitrogens with zero attached hydrogens (tertiary/aromatic N) is 3. The average Bonchev–Trinajstić information content (AvgIpc) is 2.76. The molecule has 1 aromatic rings. The van der Waals surface area contributed by atoms with Crippen molar-refractivity contribution in [1.82, 2.24) is 20.1 Å². The van der Waals surface area contributed by atoms with E-state index < -0.39 is 12.6 Å². The van der Waals surface area contributed by atoms with Crippen LogP contribution in [0, 0.1) is 0 Å². The summed E-state index contributed by atoms with van der Waals surface area (Å²) in [6, 6.07) is 0. The van der Waals surface area contributed by atoms with Crippen molar-refractivity contribution in [2.75, 3.05) is 18.8 Å². The van der Waals surface area contributed by atoms with E-state index in [2.05, 4.69) is 15.5 Å². The van der Waals surface area contributed by atoms with Crippen LogP contribution in [0.15, 0.2) is 5.16 Å². The predicted octanol–water partition coefficient (Wildman–Crippen LogP) is 2.72. The first-order valence-corrected chi connectivity index (χ1v) is 7.75. The fourth-order valence-electron chi connectivity index (χ4n) is 2.32. The van der Waals surface area contributed by atoms with Crippen LogP contribution in [0.4, 0.5) is 13.2 Å². The van der Waals surface area contributed by atoms with Crippen LogP contribution in [0.1, 0.15) is 37.4 Å². The molecule has 2 rings (SSSR count). The van der Waals surface area contributed by atoms with Gasteiger partial charge in [0.05, 0.1) is 0 Å². The van der Waals surface area contributed by atoms with Crippen LogP contribution in [-0.2, 0) is 7.05 Å². The highest BCUT2D eigenvalue weighted by molar-refractivity contribution is 7.99. The molecule has 0 saturated carbocycles. The highest BCUT2D eigenvalue weighted by Crippen LogP contribution is 2.27. The zero-order valence-electron chi connectivity index (χ0n) is 11.4. The van der Waals surface area contributed by atoms with E-state index in [4.69, 9.17) is 0 Å². The molecule has 8 heteroatoms. The van der Waals surface area contributed by atoms with Gasteiger partial charge in [0.25, 0.3) is 0 Å². The van der Waals surface area contributed by atoms with E-state index in [0.29, 0.717) is 16.8 Å². The molecule has 0 amide bonds. The van der Waals surface area contributed by atoms with E-state index in [9.17, 15) is 13.2 Å². The summed E-state index contributed by atoms with van der Waals surface area (Å²) in [5.74, 6) is 1.69. The number of thioether (sulfide) groups is 1. The van der Waals surface area contributed by atoms with Crippen LogP contribution in [0.2, 0.25) is 0 Å². The molecule has 0 bridgehead atoms. The van der Waals surface area contributed by atoms with Gasteiger partial charge < -0.3 is 9.88 Å². The third-order valence-corrected chi connectivity index (χ3v) is 4.47. The van der Waals surface area contributed by atoms with E-state index in [1.54, 1.807) is 0 Å². The van der Waals surface area contributed by atoms with Gasteiger partial charge in [0.1, 0.15) is 5.82 Å². The number of alkyl halides is 3. The lowest BCUT2D eigenvalue weighted by atomic mass is 9.99. The van der Waals surface area contributed by atoms with Crippen LogP contribution in [0.25, 0.3) is 0 Å². The molecule has 1 unspecified atom stereocenters. The summed E-state index contributed by atoms with van der Waals surface area (Å²) in [5, 5.41) is 12.3. The molecule has 20 heavy (non-hydrogen) atoms. The fraction of sp³-hybridized carbons (Fsp3) is 0.833. The van der Waals surface area contributed by atoms with Gasteiger partial charge in [-0.05, 0) is 25.8 Å². The van der Waals surface area contributed by atoms with Crippen molar-refractivity contribution in [3.05, 3.63) is 5.82 Å². The number of halogens is 3. The SMILES string of the molecule is Cn1c(SCCCC(F)(F)F)nnc1C1CCCNC1. The number of nitrogens with one attached hydrogen (secondary N) is 1. The van der Waals surface area contributed by atoms with Gasteiger partial charge in [-0.1, -0.05) is 11.8 Å². The molecule has 0 spiro atoms. The summed E-state index contributed by atoms with van der Waals surface area (Å²) in [6.07, 6.45) is -2.50. The predicted molar refractivity (Wildman–Crippen MR) is 71.9 cm³/mol. The third-order valence-electron chi connectivity index (χ3n) is 3.37. The summed E-state index contributed by atoms with van der Waals surface area (Å²) in [7, 11) is 1.88. The maximum absolute atomic E-state index is 12.1. The fourth-order valence-corrected chi connectivity index (χ4v) is 3.17. The number of aromatic nitrogens is 3. The molecule has 0 radical (unpaired) electrons. The van der Waals surface area contributed by atoms with Crippen LogP contribution in [0.3, 0.4) is 0 Å². The Balaban J connectivity index is 1.85. The topological polar surface area (TPSA) is 42.7 Å². The van der Waals surface area contributed by atoms with Crippen molar-refractivity contribution in [1.29, 1.82) is 0 Å². The molecule has 2 heterocycles. The molecule has 1 fully saturated rings. The van der Waals surface area contributed by atoms with Crippen molar-refractivity contribution in [2.45, 2.75) is 42.9 Å². The minimum Gasteiger partial charge on any atom is -0.316 e. The second kappa shape index (κ2) is 6.80. The van der Waals surface area contributed by atoms with Gasteiger partial charge in [0.15, 0.2) is 5.16 Å². The van der Waals surface area contributed by atoms with Crippen LogP contribution < -0.4 is 5.32 Å². The highest BCUT2D eigenvalue weighted by atomic mass is 32.2. The molecule has 114 valence electrons. The number of rotatable bonds is 5. The summed E-state index contributed by atoms with van der Waals surface area (Å²) < 4.78 is 38.1. The molecule has 1 N–H and O–H groups in total. The standard InChI is InChI=1S/C12H19F3N4S/c1-19-10(9-4-2-6-16-8-9)17-18-11(19)20-7-3-5-12(13,14)15/h9,16H,2-8H2,1H3. The second-order valence-corrected chi connectivity index (χ2v) is 6.07. The first kappa shape index (κ1) is 15.6. The lowest BCUT2D eigenvalue weighted by Gasteiger charge is -2.21. The number of hydrogen-bond acceptors (Lipinski definition) is 4. The Hall–Kier alpha value is -0.760. The second-order valence-electron chi connectivity index (χ2n) is 5.01. The molecule has 4 nitrogen and oxygen atoms in total. The lowest BCUT2D eigenvalue weighted by Crippen LogP contribution is -2.29. The van der Waals surface area contributed by atoms with Crippen LogP contribution in [0.5, 0.6) is 0 Å². The summed E-state index contributed by atoms with van der Waals surface area (Å²) >= 11 is 1.34. The Morgan fingerprint density at radius 1 is 1.40 bits per heavy atom. The lowest BCUT2D eigenvalue weighted by molar-refractivity contribution is -0.134. The van der Waals surface area contributed by atoms with Gasteiger partial charge in [-0.15, -0.1) is 10.2 Å². The monoisotopic (exact) mass is 308 g/mol. The van der Waals surface area contributed by atoms with Gasteiger partial charge in [-0.3, -0.25) is 0 Å². The van der Waals surface area contributed by atoms with Gasteiger partial charge in [-0.2, -0.15) is 13.2 Å². The van der Waals surface area contributed by atoms with Crippen LogP contribution >= 0.6 is 11.8 Å². The quantitative estimate of drug-likeness (QED) is 0.671. The maximum Gasteiger partial charge on any atom is 0.389 e. The molecular weight excluding hydrogens is 289 g/mol. The Bertz CT molecular complexity index is 427. The van der Waals surface area contributed by atoms with E-state index in [1.807, 2.05) is 11.6 Å². The molecule has 1 aliphatic heterocycles. The van der Waals surface area contributed by atoms with Crippen molar-refractivity contribution in [3.63, 3.8) is 0 Å². The Kier molecular flexibility index (Phi) is 5.31. The molecule has 1 aliphatic rings. The van der Waals surface area contributed by atoms with Crippen molar-refractivity contribution >= 4 is 11.8 Å². The van der Waals surface area contributed by atoms with E-state index >= 15 is 0 Å². The smallest absolute Gasteiger partial charge is 0.316 e. The van der Waals surface area contributed by atoms with Crippen molar-refractivity contribution < 1.29 is 13.2 Å². The summed E-state index contributed by atoms with van der Waals surface area (Å²) in [5.41, 5.74) is 0. The Labute approximate surface area is 120 Å². The summed E-state index contributed by atoms with van der Waals surface area (Å²) in [4.78, 5) is 0. The van der Waals surface area contributed by atoms with Gasteiger partial charge in [0.2, 0.25) is 0 Å². The normalized spacial score (nSPS) is 20.3. The van der Waals surface area contributed by atoms with E-state index in [1.165, 1.54) is 11.8 Å². The highest BCUT2D eigenvalue weighted by Gasteiger charge is 2.26. The molecule has 1 aromatic heterocycles. The average molecular weight is 308 g/mol. The Morgan fingerprint density at radius 2 is 2.20 bits per heavy atom. The van der Waals surface area contributed by atoms with Crippen molar-refractivity contribution in [2.24, 2.45) is 7.05 Å². The minimum absolute atomic E-state index is 0.112. The zero-order valence-corrected chi connectivity index (χ0v) is 12.2. The van der Waals surface area contributed by atoms with Crippen LogP contribution in [-0.4, -0.2) is 39.8 Å². The van der Waals surface area contributed by atoms with Gasteiger partial charge in [0, 0.05) is 31.7 Å². The largest absolute Gasteiger partial charge is 0.389 e.